The van der Waals surface area contributed by atoms with Crippen LogP contribution in [0.25, 0.3) is 121 Å². The van der Waals surface area contributed by atoms with Gasteiger partial charge in [0.2, 0.25) is 0 Å². The second-order valence-electron chi connectivity index (χ2n) is 15.2. The predicted octanol–water partition coefficient (Wildman–Crippen LogP) is 14.7. The summed E-state index contributed by atoms with van der Waals surface area (Å²) >= 11 is 0. The van der Waals surface area contributed by atoms with E-state index in [4.69, 9.17) is 19.4 Å². The molecule has 4 nitrogen and oxygen atoms in total. The fourth-order valence-corrected chi connectivity index (χ4v) is 8.80. The number of fused-ring (bicyclic) bond motifs is 9. The van der Waals surface area contributed by atoms with E-state index in [9.17, 15) is 0 Å². The predicted molar refractivity (Wildman–Crippen MR) is 244 cm³/mol. The molecule has 0 atom stereocenters. The molecule has 0 radical (unpaired) electrons. The Morgan fingerprint density at radius 3 is 1.63 bits per heavy atom. The van der Waals surface area contributed by atoms with Gasteiger partial charge in [-0.25, -0.2) is 15.0 Å². The number of nitrogens with zero attached hydrogens (tertiary/aromatic N) is 3. The third-order valence-corrected chi connectivity index (χ3v) is 11.7. The van der Waals surface area contributed by atoms with Gasteiger partial charge in [0, 0.05) is 27.5 Å². The van der Waals surface area contributed by atoms with E-state index >= 15 is 0 Å². The SMILES string of the molecule is c1ccc(-c2ccc(-c3ccc4c(c3)oc3cccc(-c5nc(-c6ccc7ccc8ccccc8c7c6)nc(-c6cc7ccccc7c7ccccc67)n5)c34)cc2)cc1. The lowest BCUT2D eigenvalue weighted by molar-refractivity contribution is 0.669. The molecule has 0 N–H and O–H groups in total. The van der Waals surface area contributed by atoms with Crippen molar-refractivity contribution in [1.82, 2.24) is 15.0 Å². The summed E-state index contributed by atoms with van der Waals surface area (Å²) < 4.78 is 6.62. The minimum absolute atomic E-state index is 0.592. The minimum atomic E-state index is 0.592. The van der Waals surface area contributed by atoms with Gasteiger partial charge in [-0.15, -0.1) is 0 Å². The van der Waals surface area contributed by atoms with Crippen molar-refractivity contribution in [3.05, 3.63) is 200 Å². The largest absolute Gasteiger partial charge is 0.456 e. The highest BCUT2D eigenvalue weighted by atomic mass is 16.3. The molecule has 0 spiro atoms. The Balaban J connectivity index is 1.06. The third-order valence-electron chi connectivity index (χ3n) is 11.7. The standard InChI is InChI=1S/C55H33N3O/c1-2-11-34(12-3-1)35-21-23-36(24-22-35)39-29-30-46-51(33-39)59-50-20-10-19-47(52(46)50)54-56-53(41-28-27-38-26-25-37-13-4-6-15-42(37)48(38)32-41)57-55(58-54)49-31-40-14-5-7-16-43(40)44-17-8-9-18-45(44)49/h1-33H. The first-order valence-corrected chi connectivity index (χ1v) is 19.9. The monoisotopic (exact) mass is 751 g/mol. The number of hydrogen-bond donors (Lipinski definition) is 0. The van der Waals surface area contributed by atoms with E-state index in [1.807, 2.05) is 18.2 Å². The number of benzene rings is 10. The summed E-state index contributed by atoms with van der Waals surface area (Å²) in [5.74, 6) is 1.83. The molecule has 0 aliphatic heterocycles. The van der Waals surface area contributed by atoms with E-state index in [-0.39, 0.29) is 0 Å². The van der Waals surface area contributed by atoms with Crippen molar-refractivity contribution in [3.63, 3.8) is 0 Å². The molecule has 0 aliphatic rings. The van der Waals surface area contributed by atoms with Crippen LogP contribution in [0.4, 0.5) is 0 Å². The second kappa shape index (κ2) is 13.3. The molecular weight excluding hydrogens is 719 g/mol. The van der Waals surface area contributed by atoms with Gasteiger partial charge in [-0.3, -0.25) is 0 Å². The molecule has 0 amide bonds. The lowest BCUT2D eigenvalue weighted by atomic mass is 9.96. The van der Waals surface area contributed by atoms with Gasteiger partial charge in [0.15, 0.2) is 17.5 Å². The molecule has 12 aromatic rings. The van der Waals surface area contributed by atoms with Gasteiger partial charge in [0.1, 0.15) is 11.2 Å². The molecule has 0 aliphatic carbocycles. The fraction of sp³-hybridized carbons (Fsp3) is 0. The Kier molecular flexibility index (Phi) is 7.50. The molecule has 2 heterocycles. The van der Waals surface area contributed by atoms with Gasteiger partial charge in [0.05, 0.1) is 0 Å². The van der Waals surface area contributed by atoms with Crippen molar-refractivity contribution >= 4 is 65.0 Å². The highest BCUT2D eigenvalue weighted by Crippen LogP contribution is 2.40. The van der Waals surface area contributed by atoms with Crippen LogP contribution in [0.5, 0.6) is 0 Å². The first kappa shape index (κ1) is 33.2. The van der Waals surface area contributed by atoms with Crippen molar-refractivity contribution in [2.45, 2.75) is 0 Å². The summed E-state index contributed by atoms with van der Waals surface area (Å²) in [5, 5.41) is 11.3. The Bertz CT molecular complexity index is 3610. The lowest BCUT2D eigenvalue weighted by Crippen LogP contribution is -2.01. The van der Waals surface area contributed by atoms with Crippen LogP contribution in [-0.4, -0.2) is 15.0 Å². The molecule has 0 saturated carbocycles. The van der Waals surface area contributed by atoms with E-state index in [0.717, 1.165) is 71.3 Å². The summed E-state index contributed by atoms with van der Waals surface area (Å²) in [4.78, 5) is 15.9. The van der Waals surface area contributed by atoms with Gasteiger partial charge >= 0.3 is 0 Å². The van der Waals surface area contributed by atoms with Crippen LogP contribution in [0, 0.1) is 0 Å². The highest BCUT2D eigenvalue weighted by molar-refractivity contribution is 6.15. The van der Waals surface area contributed by atoms with Gasteiger partial charge in [-0.1, -0.05) is 170 Å². The van der Waals surface area contributed by atoms with Crippen molar-refractivity contribution in [2.75, 3.05) is 0 Å². The normalized spacial score (nSPS) is 11.7. The summed E-state index contributed by atoms with van der Waals surface area (Å²) in [7, 11) is 0. The molecule has 0 bridgehead atoms. The molecule has 0 fully saturated rings. The second-order valence-corrected chi connectivity index (χ2v) is 15.2. The molecule has 0 saturated heterocycles. The summed E-state index contributed by atoms with van der Waals surface area (Å²) in [6.45, 7) is 0. The molecule has 59 heavy (non-hydrogen) atoms. The fourth-order valence-electron chi connectivity index (χ4n) is 8.80. The average molecular weight is 752 g/mol. The van der Waals surface area contributed by atoms with Crippen molar-refractivity contribution in [3.8, 4) is 56.4 Å². The van der Waals surface area contributed by atoms with E-state index < -0.39 is 0 Å². The average Bonchev–Trinajstić information content (AvgIpc) is 3.69. The van der Waals surface area contributed by atoms with Gasteiger partial charge in [0.25, 0.3) is 0 Å². The molecule has 274 valence electrons. The zero-order valence-electron chi connectivity index (χ0n) is 31.8. The van der Waals surface area contributed by atoms with E-state index in [2.05, 4.69) is 182 Å². The first-order chi connectivity index (χ1) is 29.2. The number of furan rings is 1. The third kappa shape index (κ3) is 5.57. The number of hydrogen-bond acceptors (Lipinski definition) is 4. The maximum absolute atomic E-state index is 6.62. The summed E-state index contributed by atoms with van der Waals surface area (Å²) in [6, 6.07) is 70.5. The van der Waals surface area contributed by atoms with Gasteiger partial charge < -0.3 is 4.42 Å². The van der Waals surface area contributed by atoms with Crippen LogP contribution in [0.2, 0.25) is 0 Å². The van der Waals surface area contributed by atoms with Crippen molar-refractivity contribution in [1.29, 1.82) is 0 Å². The molecule has 2 aromatic heterocycles. The summed E-state index contributed by atoms with van der Waals surface area (Å²) in [6.07, 6.45) is 0. The Labute approximate surface area is 339 Å². The first-order valence-electron chi connectivity index (χ1n) is 19.9. The minimum Gasteiger partial charge on any atom is -0.456 e. The zero-order valence-corrected chi connectivity index (χ0v) is 31.8. The van der Waals surface area contributed by atoms with Crippen molar-refractivity contribution in [2.24, 2.45) is 0 Å². The number of rotatable bonds is 5. The Morgan fingerprint density at radius 2 is 0.831 bits per heavy atom. The summed E-state index contributed by atoms with van der Waals surface area (Å²) in [5.41, 5.74) is 8.99. The smallest absolute Gasteiger partial charge is 0.164 e. The quantitative estimate of drug-likeness (QED) is 0.164. The van der Waals surface area contributed by atoms with Crippen LogP contribution in [0.3, 0.4) is 0 Å². The molecule has 12 rings (SSSR count). The maximum Gasteiger partial charge on any atom is 0.164 e. The van der Waals surface area contributed by atoms with E-state index in [1.165, 1.54) is 32.7 Å². The van der Waals surface area contributed by atoms with Crippen LogP contribution in [-0.2, 0) is 0 Å². The van der Waals surface area contributed by atoms with Crippen LogP contribution in [0.1, 0.15) is 0 Å². The van der Waals surface area contributed by atoms with E-state index in [0.29, 0.717) is 17.5 Å². The lowest BCUT2D eigenvalue weighted by Gasteiger charge is -2.13. The molecular formula is C55H33N3O. The van der Waals surface area contributed by atoms with Gasteiger partial charge in [-0.05, 0) is 95.7 Å². The maximum atomic E-state index is 6.62. The van der Waals surface area contributed by atoms with Crippen LogP contribution in [0.15, 0.2) is 205 Å². The van der Waals surface area contributed by atoms with Gasteiger partial charge in [-0.2, -0.15) is 0 Å². The topological polar surface area (TPSA) is 51.8 Å². The van der Waals surface area contributed by atoms with E-state index in [1.54, 1.807) is 0 Å². The number of aromatic nitrogens is 3. The Morgan fingerprint density at radius 1 is 0.271 bits per heavy atom. The molecule has 10 aromatic carbocycles. The zero-order chi connectivity index (χ0) is 38.9. The Hall–Kier alpha value is -7.95. The van der Waals surface area contributed by atoms with Crippen molar-refractivity contribution < 1.29 is 4.42 Å². The van der Waals surface area contributed by atoms with Crippen LogP contribution >= 0.6 is 0 Å². The molecule has 4 heteroatoms. The highest BCUT2D eigenvalue weighted by Gasteiger charge is 2.20. The molecule has 0 unspecified atom stereocenters. The van der Waals surface area contributed by atoms with Crippen LogP contribution < -0.4 is 0 Å².